The maximum Gasteiger partial charge on any atom is 0.331 e. The minimum Gasteiger partial charge on any atom is -0.478 e. The van der Waals surface area contributed by atoms with Crippen molar-refractivity contribution in [2.45, 2.75) is 33.1 Å². The number of hydrogen-bond donors (Lipinski definition) is 2. The topological polar surface area (TPSA) is 115 Å². The van der Waals surface area contributed by atoms with Gasteiger partial charge in [0.15, 0.2) is 0 Å². The highest BCUT2D eigenvalue weighted by atomic mass is 16.4. The molecule has 0 atom stereocenters. The standard InChI is InChI=1S/C11H18N4O3/c1-8(9(2)11(17)18)10(16)13-6-4-3-5-7-14-15-12/h3-7H2,1-2H3,(H,13,16)(H,17,18)/b9-8+. The van der Waals surface area contributed by atoms with Crippen molar-refractivity contribution in [2.75, 3.05) is 13.1 Å². The molecule has 0 heterocycles. The lowest BCUT2D eigenvalue weighted by Gasteiger charge is -2.06. The highest BCUT2D eigenvalue weighted by Crippen LogP contribution is 2.03. The number of hydrogen-bond acceptors (Lipinski definition) is 3. The molecule has 0 unspecified atom stereocenters. The number of aliphatic carboxylic acids is 1. The van der Waals surface area contributed by atoms with Crippen molar-refractivity contribution >= 4 is 11.9 Å². The number of nitrogens with zero attached hydrogens (tertiary/aromatic N) is 3. The van der Waals surface area contributed by atoms with Crippen LogP contribution in [0.25, 0.3) is 10.4 Å². The molecule has 0 bridgehead atoms. The molecule has 0 rings (SSSR count). The van der Waals surface area contributed by atoms with E-state index in [0.717, 1.165) is 19.3 Å². The van der Waals surface area contributed by atoms with Gasteiger partial charge in [0.1, 0.15) is 0 Å². The van der Waals surface area contributed by atoms with E-state index in [1.807, 2.05) is 0 Å². The lowest BCUT2D eigenvalue weighted by Crippen LogP contribution is -2.26. The molecule has 7 heteroatoms. The van der Waals surface area contributed by atoms with Crippen LogP contribution in [-0.2, 0) is 9.59 Å². The fourth-order valence-electron chi connectivity index (χ4n) is 1.19. The molecule has 0 aromatic rings. The Kier molecular flexibility index (Phi) is 8.05. The second kappa shape index (κ2) is 9.07. The summed E-state index contributed by atoms with van der Waals surface area (Å²) in [7, 11) is 0. The van der Waals surface area contributed by atoms with Gasteiger partial charge in [-0.15, -0.1) is 0 Å². The first kappa shape index (κ1) is 16.0. The Morgan fingerprint density at radius 2 is 1.89 bits per heavy atom. The van der Waals surface area contributed by atoms with Crippen LogP contribution in [-0.4, -0.2) is 30.1 Å². The van der Waals surface area contributed by atoms with Gasteiger partial charge in [0.05, 0.1) is 0 Å². The van der Waals surface area contributed by atoms with Gasteiger partial charge >= 0.3 is 5.97 Å². The van der Waals surface area contributed by atoms with Gasteiger partial charge in [-0.25, -0.2) is 4.79 Å². The first-order valence-corrected chi connectivity index (χ1v) is 5.70. The van der Waals surface area contributed by atoms with Gasteiger partial charge in [-0.3, -0.25) is 4.79 Å². The molecule has 0 saturated carbocycles. The summed E-state index contributed by atoms with van der Waals surface area (Å²) in [6.45, 7) is 3.83. The highest BCUT2D eigenvalue weighted by molar-refractivity contribution is 6.01. The second-order valence-electron chi connectivity index (χ2n) is 3.83. The molecule has 0 radical (unpaired) electrons. The Labute approximate surface area is 105 Å². The largest absolute Gasteiger partial charge is 0.478 e. The Balaban J connectivity index is 3.88. The number of carboxylic acid groups (broad SMARTS) is 1. The predicted molar refractivity (Wildman–Crippen MR) is 66.9 cm³/mol. The maximum atomic E-state index is 11.5. The minimum absolute atomic E-state index is 0.0517. The quantitative estimate of drug-likeness (QED) is 0.227. The minimum atomic E-state index is -1.09. The van der Waals surface area contributed by atoms with Gasteiger partial charge in [0.25, 0.3) is 0 Å². The fraction of sp³-hybridized carbons (Fsp3) is 0.636. The van der Waals surface area contributed by atoms with Crippen LogP contribution in [0.4, 0.5) is 0 Å². The first-order valence-electron chi connectivity index (χ1n) is 5.70. The zero-order valence-electron chi connectivity index (χ0n) is 10.6. The molecule has 0 fully saturated rings. The van der Waals surface area contributed by atoms with E-state index in [-0.39, 0.29) is 17.1 Å². The van der Waals surface area contributed by atoms with Crippen LogP contribution in [0.2, 0.25) is 0 Å². The van der Waals surface area contributed by atoms with E-state index in [4.69, 9.17) is 10.6 Å². The van der Waals surface area contributed by atoms with Gasteiger partial charge in [0.2, 0.25) is 5.91 Å². The molecule has 0 aromatic heterocycles. The van der Waals surface area contributed by atoms with Crippen LogP contribution in [0.5, 0.6) is 0 Å². The lowest BCUT2D eigenvalue weighted by atomic mass is 10.1. The van der Waals surface area contributed by atoms with Gasteiger partial charge < -0.3 is 10.4 Å². The molecule has 2 N–H and O–H groups in total. The maximum absolute atomic E-state index is 11.5. The third-order valence-electron chi connectivity index (χ3n) is 2.51. The highest BCUT2D eigenvalue weighted by Gasteiger charge is 2.11. The van der Waals surface area contributed by atoms with Crippen molar-refractivity contribution in [2.24, 2.45) is 5.11 Å². The molecule has 0 aromatic carbocycles. The van der Waals surface area contributed by atoms with E-state index in [2.05, 4.69) is 15.3 Å². The Morgan fingerprint density at radius 1 is 1.22 bits per heavy atom. The van der Waals surface area contributed by atoms with Crippen molar-refractivity contribution in [1.29, 1.82) is 0 Å². The fourth-order valence-corrected chi connectivity index (χ4v) is 1.19. The summed E-state index contributed by atoms with van der Waals surface area (Å²) in [6, 6.07) is 0. The van der Waals surface area contributed by atoms with Crippen LogP contribution < -0.4 is 5.32 Å². The first-order chi connectivity index (χ1) is 8.50. The molecule has 0 aliphatic rings. The van der Waals surface area contributed by atoms with Crippen LogP contribution in [0.15, 0.2) is 16.3 Å². The van der Waals surface area contributed by atoms with Crippen molar-refractivity contribution in [3.63, 3.8) is 0 Å². The summed E-state index contributed by atoms with van der Waals surface area (Å²) in [5, 5.41) is 14.8. The van der Waals surface area contributed by atoms with Crippen molar-refractivity contribution in [3.8, 4) is 0 Å². The monoisotopic (exact) mass is 254 g/mol. The van der Waals surface area contributed by atoms with E-state index in [0.29, 0.717) is 13.1 Å². The van der Waals surface area contributed by atoms with Crippen LogP contribution in [0.3, 0.4) is 0 Å². The molecular formula is C11H18N4O3. The zero-order valence-corrected chi connectivity index (χ0v) is 10.6. The SMILES string of the molecule is C/C(C(=O)O)=C(/C)C(=O)NCCCCCN=[N+]=[N-]. The van der Waals surface area contributed by atoms with Crippen LogP contribution in [0.1, 0.15) is 33.1 Å². The molecule has 0 aliphatic heterocycles. The van der Waals surface area contributed by atoms with Gasteiger partial charge in [-0.05, 0) is 32.2 Å². The number of rotatable bonds is 8. The van der Waals surface area contributed by atoms with Crippen LogP contribution >= 0.6 is 0 Å². The molecular weight excluding hydrogens is 236 g/mol. The molecule has 7 nitrogen and oxygen atoms in total. The average Bonchev–Trinajstić information content (AvgIpc) is 2.35. The number of carbonyl (C=O) groups is 2. The molecule has 18 heavy (non-hydrogen) atoms. The van der Waals surface area contributed by atoms with Gasteiger partial charge in [-0.1, -0.05) is 11.5 Å². The molecule has 100 valence electrons. The van der Waals surface area contributed by atoms with Gasteiger partial charge in [-0.2, -0.15) is 0 Å². The molecule has 1 amide bonds. The molecule has 0 aliphatic carbocycles. The molecule has 0 spiro atoms. The Bertz CT molecular complexity index is 384. The van der Waals surface area contributed by atoms with Crippen LogP contribution in [0, 0.1) is 0 Å². The van der Waals surface area contributed by atoms with Crippen molar-refractivity contribution in [1.82, 2.24) is 5.32 Å². The predicted octanol–water partition coefficient (Wildman–Crippen LogP) is 2.00. The number of unbranched alkanes of at least 4 members (excludes halogenated alkanes) is 2. The summed E-state index contributed by atoms with van der Waals surface area (Å²) in [4.78, 5) is 24.8. The lowest BCUT2D eigenvalue weighted by molar-refractivity contribution is -0.133. The Morgan fingerprint density at radius 3 is 2.44 bits per heavy atom. The number of carbonyl (C=O) groups excluding carboxylic acids is 1. The van der Waals surface area contributed by atoms with E-state index in [9.17, 15) is 9.59 Å². The zero-order chi connectivity index (χ0) is 14.0. The number of nitrogens with one attached hydrogen (secondary N) is 1. The van der Waals surface area contributed by atoms with Gasteiger partial charge in [0, 0.05) is 29.1 Å². The summed E-state index contributed by atoms with van der Waals surface area (Å²) in [6.07, 6.45) is 2.40. The summed E-state index contributed by atoms with van der Waals surface area (Å²) < 4.78 is 0. The van der Waals surface area contributed by atoms with Crippen molar-refractivity contribution < 1.29 is 14.7 Å². The van der Waals surface area contributed by atoms with Crippen molar-refractivity contribution in [3.05, 3.63) is 21.6 Å². The van der Waals surface area contributed by atoms with E-state index in [1.165, 1.54) is 13.8 Å². The number of azide groups is 1. The molecule has 0 saturated heterocycles. The average molecular weight is 254 g/mol. The van der Waals surface area contributed by atoms with E-state index in [1.54, 1.807) is 0 Å². The van der Waals surface area contributed by atoms with E-state index >= 15 is 0 Å². The Hall–Kier alpha value is -2.01. The third kappa shape index (κ3) is 6.55. The second-order valence-corrected chi connectivity index (χ2v) is 3.83. The number of carboxylic acids is 1. The normalized spacial score (nSPS) is 11.2. The summed E-state index contributed by atoms with van der Waals surface area (Å²) >= 11 is 0. The van der Waals surface area contributed by atoms with E-state index < -0.39 is 5.97 Å². The summed E-state index contributed by atoms with van der Waals surface area (Å²) in [5.74, 6) is -1.44. The summed E-state index contributed by atoms with van der Waals surface area (Å²) in [5.41, 5.74) is 8.32. The smallest absolute Gasteiger partial charge is 0.331 e. The third-order valence-corrected chi connectivity index (χ3v) is 2.51. The number of amides is 1.